The zero-order valence-electron chi connectivity index (χ0n) is 20.2. The number of nitrogens with one attached hydrogen (secondary N) is 2. The quantitative estimate of drug-likeness (QED) is 0.318. The molecule has 5 aromatic rings. The lowest BCUT2D eigenvalue weighted by Gasteiger charge is -2.26. The van der Waals surface area contributed by atoms with Crippen LogP contribution in [0.3, 0.4) is 0 Å². The molecule has 2 unspecified atom stereocenters. The molecule has 0 bridgehead atoms. The third kappa shape index (κ3) is 4.66. The number of aliphatic imine (C=N–C) groups is 2. The van der Waals surface area contributed by atoms with Crippen LogP contribution in [0, 0.1) is 5.92 Å². The Bertz CT molecular complexity index is 1670. The van der Waals surface area contributed by atoms with Crippen LogP contribution in [0.2, 0.25) is 5.02 Å². The fourth-order valence-corrected chi connectivity index (χ4v) is 5.21. The lowest BCUT2D eigenvalue weighted by atomic mass is 9.91. The number of fused-ring (bicyclic) bond motifs is 1. The van der Waals surface area contributed by atoms with Crippen molar-refractivity contribution in [1.82, 2.24) is 25.0 Å². The van der Waals surface area contributed by atoms with Crippen LogP contribution in [0.15, 0.2) is 75.2 Å². The van der Waals surface area contributed by atoms with Gasteiger partial charge in [0, 0.05) is 24.5 Å². The third-order valence-electron chi connectivity index (χ3n) is 5.87. The SMILES string of the molecule is CC1=NC(Nc2nc3ccccc3o2)=NC(c2nn(C)cc2Cl)C1C(=O)Nc1nnc(-c2ccccc2)s1. The molecule has 2 aromatic carbocycles. The first-order chi connectivity index (χ1) is 18.4. The van der Waals surface area contributed by atoms with Gasteiger partial charge in [-0.2, -0.15) is 10.1 Å². The number of guanidine groups is 1. The van der Waals surface area contributed by atoms with Crippen LogP contribution in [0.4, 0.5) is 11.1 Å². The summed E-state index contributed by atoms with van der Waals surface area (Å²) < 4.78 is 7.33. The monoisotopic (exact) mass is 545 g/mol. The Labute approximate surface area is 225 Å². The van der Waals surface area contributed by atoms with Crippen LogP contribution >= 0.6 is 22.9 Å². The molecule has 1 aliphatic rings. The zero-order valence-corrected chi connectivity index (χ0v) is 21.7. The van der Waals surface area contributed by atoms with Gasteiger partial charge in [0.2, 0.25) is 17.0 Å². The maximum absolute atomic E-state index is 13.6. The summed E-state index contributed by atoms with van der Waals surface area (Å²) in [5, 5.41) is 20.2. The first kappa shape index (κ1) is 23.9. The number of hydrogen-bond donors (Lipinski definition) is 2. The standard InChI is InChI=1S/C25H20ClN9O2S/c1-13-18(21(36)30-25-33-32-22(38-25)14-8-4-3-5-9-14)20(19-15(26)12-35(2)34-19)29-23(27-13)31-24-28-16-10-6-7-11-17(16)37-24/h3-12,18,20H,1-2H3,(H,28,29,31)(H,30,33,36). The predicted octanol–water partition coefficient (Wildman–Crippen LogP) is 4.97. The van der Waals surface area contributed by atoms with Gasteiger partial charge in [-0.1, -0.05) is 65.4 Å². The molecule has 190 valence electrons. The van der Waals surface area contributed by atoms with Gasteiger partial charge in [0.1, 0.15) is 28.2 Å². The first-order valence-electron chi connectivity index (χ1n) is 11.6. The maximum atomic E-state index is 13.6. The van der Waals surface area contributed by atoms with Gasteiger partial charge in [-0.3, -0.25) is 20.1 Å². The van der Waals surface area contributed by atoms with E-state index in [1.807, 2.05) is 54.6 Å². The lowest BCUT2D eigenvalue weighted by molar-refractivity contribution is -0.118. The van der Waals surface area contributed by atoms with E-state index in [4.69, 9.17) is 21.0 Å². The van der Waals surface area contributed by atoms with Crippen LogP contribution in [-0.4, -0.2) is 42.5 Å². The molecule has 0 spiro atoms. The number of oxazole rings is 1. The number of rotatable bonds is 5. The van der Waals surface area contributed by atoms with Crippen molar-refractivity contribution in [2.45, 2.75) is 13.0 Å². The van der Waals surface area contributed by atoms with Crippen molar-refractivity contribution in [3.8, 4) is 10.6 Å². The van der Waals surface area contributed by atoms with Crippen molar-refractivity contribution in [1.29, 1.82) is 0 Å². The van der Waals surface area contributed by atoms with E-state index in [1.165, 1.54) is 11.3 Å². The van der Waals surface area contributed by atoms with Gasteiger partial charge in [0.15, 0.2) is 5.58 Å². The molecule has 0 saturated heterocycles. The maximum Gasteiger partial charge on any atom is 0.302 e. The van der Waals surface area contributed by atoms with E-state index in [-0.39, 0.29) is 17.9 Å². The molecule has 38 heavy (non-hydrogen) atoms. The van der Waals surface area contributed by atoms with Gasteiger partial charge < -0.3 is 4.42 Å². The minimum atomic E-state index is -0.791. The molecule has 0 radical (unpaired) electrons. The van der Waals surface area contributed by atoms with E-state index < -0.39 is 12.0 Å². The van der Waals surface area contributed by atoms with Gasteiger partial charge in [0.25, 0.3) is 0 Å². The fraction of sp³-hybridized carbons (Fsp3) is 0.160. The minimum Gasteiger partial charge on any atom is -0.423 e. The number of carbonyl (C=O) groups excluding carboxylic acids is 1. The predicted molar refractivity (Wildman–Crippen MR) is 147 cm³/mol. The Morgan fingerprint density at radius 1 is 1.11 bits per heavy atom. The highest BCUT2D eigenvalue weighted by atomic mass is 35.5. The molecule has 13 heteroatoms. The summed E-state index contributed by atoms with van der Waals surface area (Å²) in [7, 11) is 1.75. The molecular weight excluding hydrogens is 526 g/mol. The Balaban J connectivity index is 1.30. The molecule has 3 aromatic heterocycles. The summed E-state index contributed by atoms with van der Waals surface area (Å²) in [5.41, 5.74) is 3.19. The van der Waals surface area contributed by atoms with Crippen LogP contribution in [-0.2, 0) is 11.8 Å². The summed E-state index contributed by atoms with van der Waals surface area (Å²) >= 11 is 7.77. The van der Waals surface area contributed by atoms with Gasteiger partial charge in [-0.15, -0.1) is 10.2 Å². The van der Waals surface area contributed by atoms with Crippen molar-refractivity contribution in [2.24, 2.45) is 23.0 Å². The van der Waals surface area contributed by atoms with Gasteiger partial charge in [-0.05, 0) is 19.1 Å². The fourth-order valence-electron chi connectivity index (χ4n) is 4.17. The number of halogens is 1. The van der Waals surface area contributed by atoms with Crippen molar-refractivity contribution < 1.29 is 9.21 Å². The normalized spacial score (nSPS) is 17.2. The molecule has 6 rings (SSSR count). The molecule has 0 aliphatic carbocycles. The number of benzene rings is 2. The van der Waals surface area contributed by atoms with Crippen LogP contribution in [0.25, 0.3) is 21.7 Å². The number of amides is 1. The van der Waals surface area contributed by atoms with E-state index >= 15 is 0 Å². The summed E-state index contributed by atoms with van der Waals surface area (Å²) in [6, 6.07) is 16.5. The molecule has 4 heterocycles. The highest BCUT2D eigenvalue weighted by Crippen LogP contribution is 2.35. The van der Waals surface area contributed by atoms with E-state index in [2.05, 4.69) is 35.9 Å². The van der Waals surface area contributed by atoms with Crippen LogP contribution in [0.5, 0.6) is 0 Å². The highest BCUT2D eigenvalue weighted by Gasteiger charge is 2.38. The summed E-state index contributed by atoms with van der Waals surface area (Å²) in [6.07, 6.45) is 1.66. The number of aromatic nitrogens is 5. The third-order valence-corrected chi connectivity index (χ3v) is 7.05. The van der Waals surface area contributed by atoms with Crippen LogP contribution in [0.1, 0.15) is 18.7 Å². The van der Waals surface area contributed by atoms with Gasteiger partial charge in [0.05, 0.1) is 5.02 Å². The first-order valence-corrected chi connectivity index (χ1v) is 12.8. The number of aryl methyl sites for hydroxylation is 1. The Hall–Kier alpha value is -4.42. The zero-order chi connectivity index (χ0) is 26.2. The van der Waals surface area contributed by atoms with Crippen molar-refractivity contribution in [3.63, 3.8) is 0 Å². The van der Waals surface area contributed by atoms with Crippen molar-refractivity contribution in [2.75, 3.05) is 10.6 Å². The van der Waals surface area contributed by atoms with Gasteiger partial charge in [-0.25, -0.2) is 9.98 Å². The number of carbonyl (C=O) groups is 1. The Kier molecular flexibility index (Phi) is 6.18. The largest absolute Gasteiger partial charge is 0.423 e. The molecular formula is C25H20ClN9O2S. The Morgan fingerprint density at radius 2 is 1.89 bits per heavy atom. The average Bonchev–Trinajstić information content (AvgIpc) is 3.62. The molecule has 0 saturated carbocycles. The molecule has 1 amide bonds. The second-order valence-electron chi connectivity index (χ2n) is 8.54. The smallest absolute Gasteiger partial charge is 0.302 e. The second kappa shape index (κ2) is 9.80. The van der Waals surface area contributed by atoms with Gasteiger partial charge >= 0.3 is 6.01 Å². The topological polar surface area (TPSA) is 135 Å². The number of nitrogens with zero attached hydrogens (tertiary/aromatic N) is 7. The molecule has 0 fully saturated rings. The molecule has 2 N–H and O–H groups in total. The average molecular weight is 546 g/mol. The number of anilines is 2. The summed E-state index contributed by atoms with van der Waals surface area (Å²) in [6.45, 7) is 1.76. The van der Waals surface area contributed by atoms with E-state index in [0.717, 1.165) is 5.56 Å². The van der Waals surface area contributed by atoms with Crippen LogP contribution < -0.4 is 10.6 Å². The molecule has 1 aliphatic heterocycles. The highest BCUT2D eigenvalue weighted by molar-refractivity contribution is 7.18. The molecule has 2 atom stereocenters. The summed E-state index contributed by atoms with van der Waals surface area (Å²) in [5.74, 6) is -0.911. The Morgan fingerprint density at radius 3 is 2.66 bits per heavy atom. The minimum absolute atomic E-state index is 0.229. The van der Waals surface area contributed by atoms with E-state index in [0.29, 0.717) is 37.7 Å². The van der Waals surface area contributed by atoms with Crippen molar-refractivity contribution in [3.05, 3.63) is 71.5 Å². The van der Waals surface area contributed by atoms with Crippen molar-refractivity contribution >= 4 is 62.8 Å². The number of para-hydroxylation sites is 2. The second-order valence-corrected chi connectivity index (χ2v) is 9.93. The summed E-state index contributed by atoms with van der Waals surface area (Å²) in [4.78, 5) is 27.2. The lowest BCUT2D eigenvalue weighted by Crippen LogP contribution is -2.37. The van der Waals surface area contributed by atoms with E-state index in [1.54, 1.807) is 24.9 Å². The number of hydrogen-bond acceptors (Lipinski definition) is 10. The molecule has 11 nitrogen and oxygen atoms in total. The van der Waals surface area contributed by atoms with E-state index in [9.17, 15) is 4.79 Å².